The van der Waals surface area contributed by atoms with Crippen LogP contribution in [0.2, 0.25) is 0 Å². The lowest BCUT2D eigenvalue weighted by atomic mass is 9.90. The van der Waals surface area contributed by atoms with Crippen molar-refractivity contribution in [3.05, 3.63) is 21.4 Å². The number of nitrogens with zero attached hydrogens (tertiary/aromatic N) is 1. The summed E-state index contributed by atoms with van der Waals surface area (Å²) in [7, 11) is 0. The Morgan fingerprint density at radius 2 is 2.14 bits per heavy atom. The van der Waals surface area contributed by atoms with Crippen LogP contribution in [0.4, 0.5) is 0 Å². The summed E-state index contributed by atoms with van der Waals surface area (Å²) in [5.41, 5.74) is 7.31. The zero-order valence-corrected chi connectivity index (χ0v) is 15.1. The van der Waals surface area contributed by atoms with E-state index < -0.39 is 0 Å². The molecule has 3 atom stereocenters. The monoisotopic (exact) mass is 342 g/mol. The first-order chi connectivity index (χ1) is 10.1. The van der Waals surface area contributed by atoms with E-state index in [9.17, 15) is 4.79 Å². The van der Waals surface area contributed by atoms with Crippen LogP contribution in [-0.4, -0.2) is 29.9 Å². The van der Waals surface area contributed by atoms with Crippen molar-refractivity contribution in [2.24, 2.45) is 17.6 Å². The van der Waals surface area contributed by atoms with Gasteiger partial charge >= 0.3 is 0 Å². The predicted molar refractivity (Wildman–Crippen MR) is 95.0 cm³/mol. The molecule has 1 aliphatic heterocycles. The molecule has 0 bridgehead atoms. The summed E-state index contributed by atoms with van der Waals surface area (Å²) in [6.07, 6.45) is 5.69. The molecule has 1 fully saturated rings. The molecule has 124 valence electrons. The minimum atomic E-state index is 0. The molecule has 2 heterocycles. The lowest BCUT2D eigenvalue weighted by Gasteiger charge is -2.37. The smallest absolute Gasteiger partial charge is 0.264 e. The van der Waals surface area contributed by atoms with Crippen molar-refractivity contribution >= 4 is 29.7 Å². The first-order valence-corrected chi connectivity index (χ1v) is 9.02. The highest BCUT2D eigenvalue weighted by Gasteiger charge is 2.31. The summed E-state index contributed by atoms with van der Waals surface area (Å²) in [6, 6.07) is 2.38. The van der Waals surface area contributed by atoms with Gasteiger partial charge in [-0.25, -0.2) is 0 Å². The van der Waals surface area contributed by atoms with Gasteiger partial charge in [-0.3, -0.25) is 4.79 Å². The van der Waals surface area contributed by atoms with Crippen molar-refractivity contribution in [1.82, 2.24) is 4.90 Å². The zero-order valence-electron chi connectivity index (χ0n) is 13.5. The molecule has 5 heteroatoms. The van der Waals surface area contributed by atoms with Gasteiger partial charge < -0.3 is 10.6 Å². The van der Waals surface area contributed by atoms with Crippen molar-refractivity contribution in [1.29, 1.82) is 0 Å². The Bertz CT molecular complexity index is 531. The number of thiophene rings is 1. The molecule has 0 aromatic carbocycles. The Hall–Kier alpha value is -0.580. The van der Waals surface area contributed by atoms with Crippen molar-refractivity contribution in [3.8, 4) is 0 Å². The lowest BCUT2D eigenvalue weighted by Crippen LogP contribution is -2.49. The van der Waals surface area contributed by atoms with Crippen LogP contribution >= 0.6 is 23.7 Å². The second-order valence-corrected chi connectivity index (χ2v) is 8.06. The van der Waals surface area contributed by atoms with Crippen LogP contribution in [0.15, 0.2) is 6.07 Å². The van der Waals surface area contributed by atoms with E-state index in [-0.39, 0.29) is 24.4 Å². The van der Waals surface area contributed by atoms with Crippen LogP contribution in [-0.2, 0) is 12.8 Å². The molecule has 2 aliphatic rings. The number of carbonyl (C=O) groups is 1. The van der Waals surface area contributed by atoms with E-state index in [1.165, 1.54) is 16.9 Å². The summed E-state index contributed by atoms with van der Waals surface area (Å²) in [5, 5.41) is 0. The maximum absolute atomic E-state index is 12.9. The summed E-state index contributed by atoms with van der Waals surface area (Å²) >= 11 is 1.72. The maximum atomic E-state index is 12.9. The highest BCUT2D eigenvalue weighted by Crippen LogP contribution is 2.34. The Labute approximate surface area is 143 Å². The number of likely N-dealkylation sites (tertiary alicyclic amines) is 1. The number of halogens is 1. The van der Waals surface area contributed by atoms with E-state index in [1.807, 2.05) is 4.90 Å². The zero-order chi connectivity index (χ0) is 15.0. The fourth-order valence-electron chi connectivity index (χ4n) is 3.70. The minimum Gasteiger partial charge on any atom is -0.334 e. The number of rotatable bonds is 2. The molecule has 1 amide bonds. The number of carbonyl (C=O) groups excluding carboxylic acids is 1. The SMILES string of the molecule is CC1CCc2sc(C(=O)N3CCC(C)CC3CN)cc2C1.Cl. The average Bonchev–Trinajstić information content (AvgIpc) is 2.89. The van der Waals surface area contributed by atoms with Gasteiger partial charge in [-0.2, -0.15) is 0 Å². The van der Waals surface area contributed by atoms with Crippen LogP contribution in [0.1, 0.15) is 53.2 Å². The number of fused-ring (bicyclic) bond motifs is 1. The van der Waals surface area contributed by atoms with Gasteiger partial charge in [0.15, 0.2) is 0 Å². The van der Waals surface area contributed by atoms with Gasteiger partial charge in [-0.05, 0) is 55.6 Å². The molecule has 1 aromatic heterocycles. The Morgan fingerprint density at radius 1 is 1.36 bits per heavy atom. The molecule has 0 radical (unpaired) electrons. The number of amides is 1. The second kappa shape index (κ2) is 7.33. The molecule has 22 heavy (non-hydrogen) atoms. The third kappa shape index (κ3) is 3.50. The van der Waals surface area contributed by atoms with Gasteiger partial charge in [0.25, 0.3) is 5.91 Å². The van der Waals surface area contributed by atoms with Crippen LogP contribution in [0.5, 0.6) is 0 Å². The van der Waals surface area contributed by atoms with Crippen molar-refractivity contribution in [2.75, 3.05) is 13.1 Å². The molecule has 1 aliphatic carbocycles. The van der Waals surface area contributed by atoms with Gasteiger partial charge in [-0.1, -0.05) is 13.8 Å². The maximum Gasteiger partial charge on any atom is 0.264 e. The predicted octanol–water partition coefficient (Wildman–Crippen LogP) is 3.49. The summed E-state index contributed by atoms with van der Waals surface area (Å²) in [4.78, 5) is 17.3. The van der Waals surface area contributed by atoms with Gasteiger partial charge in [0, 0.05) is 24.0 Å². The van der Waals surface area contributed by atoms with Crippen LogP contribution < -0.4 is 5.73 Å². The number of nitrogens with two attached hydrogens (primary N) is 1. The molecular formula is C17H27ClN2OS. The van der Waals surface area contributed by atoms with Gasteiger partial charge in [-0.15, -0.1) is 23.7 Å². The third-order valence-corrected chi connectivity index (χ3v) is 6.28. The highest BCUT2D eigenvalue weighted by atomic mass is 35.5. The molecule has 0 saturated carbocycles. The molecule has 1 aromatic rings. The van der Waals surface area contributed by atoms with E-state index in [0.717, 1.165) is 43.0 Å². The standard InChI is InChI=1S/C17H26N2OS.ClH/c1-11-3-4-15-13(7-11)9-16(21-15)17(20)19-6-5-12(2)8-14(19)10-18;/h9,11-12,14H,3-8,10,18H2,1-2H3;1H. The quantitative estimate of drug-likeness (QED) is 0.894. The van der Waals surface area contributed by atoms with Crippen LogP contribution in [0.3, 0.4) is 0 Å². The molecular weight excluding hydrogens is 316 g/mol. The first kappa shape index (κ1) is 17.8. The number of hydrogen-bond acceptors (Lipinski definition) is 3. The van der Waals surface area contributed by atoms with Gasteiger partial charge in [0.05, 0.1) is 4.88 Å². The topological polar surface area (TPSA) is 46.3 Å². The summed E-state index contributed by atoms with van der Waals surface area (Å²) in [5.74, 6) is 1.65. The van der Waals surface area contributed by atoms with E-state index in [2.05, 4.69) is 19.9 Å². The van der Waals surface area contributed by atoms with Crippen LogP contribution in [0, 0.1) is 11.8 Å². The lowest BCUT2D eigenvalue weighted by molar-refractivity contribution is 0.0578. The fraction of sp³-hybridized carbons (Fsp3) is 0.706. The van der Waals surface area contributed by atoms with Crippen molar-refractivity contribution < 1.29 is 4.79 Å². The second-order valence-electron chi connectivity index (χ2n) is 6.92. The molecule has 1 saturated heterocycles. The third-order valence-electron chi connectivity index (χ3n) is 5.05. The molecule has 3 nitrogen and oxygen atoms in total. The van der Waals surface area contributed by atoms with Crippen molar-refractivity contribution in [3.63, 3.8) is 0 Å². The first-order valence-electron chi connectivity index (χ1n) is 8.21. The van der Waals surface area contributed by atoms with Gasteiger partial charge in [0.1, 0.15) is 0 Å². The largest absolute Gasteiger partial charge is 0.334 e. The summed E-state index contributed by atoms with van der Waals surface area (Å²) in [6.45, 7) is 6.01. The molecule has 2 N–H and O–H groups in total. The van der Waals surface area contributed by atoms with E-state index in [1.54, 1.807) is 11.3 Å². The Morgan fingerprint density at radius 3 is 2.86 bits per heavy atom. The fourth-order valence-corrected chi connectivity index (χ4v) is 4.86. The van der Waals surface area contributed by atoms with E-state index >= 15 is 0 Å². The molecule has 3 rings (SSSR count). The summed E-state index contributed by atoms with van der Waals surface area (Å²) < 4.78 is 0. The minimum absolute atomic E-state index is 0. The number of hydrogen-bond donors (Lipinski definition) is 1. The molecule has 0 spiro atoms. The normalized spacial score (nSPS) is 28.0. The number of aryl methyl sites for hydroxylation is 1. The van der Waals surface area contributed by atoms with E-state index in [0.29, 0.717) is 12.5 Å². The van der Waals surface area contributed by atoms with Crippen LogP contribution in [0.25, 0.3) is 0 Å². The highest BCUT2D eigenvalue weighted by molar-refractivity contribution is 7.14. The molecule has 3 unspecified atom stereocenters. The Kier molecular flexibility index (Phi) is 5.92. The van der Waals surface area contributed by atoms with Crippen molar-refractivity contribution in [2.45, 2.75) is 52.0 Å². The number of piperidine rings is 1. The Balaban J connectivity index is 0.00000176. The average molecular weight is 343 g/mol. The van der Waals surface area contributed by atoms with E-state index in [4.69, 9.17) is 5.73 Å². The van der Waals surface area contributed by atoms with Gasteiger partial charge in [0.2, 0.25) is 0 Å².